The summed E-state index contributed by atoms with van der Waals surface area (Å²) in [7, 11) is 0. The van der Waals surface area contributed by atoms with Crippen LogP contribution in [0.3, 0.4) is 0 Å². The van der Waals surface area contributed by atoms with Crippen LogP contribution in [0.4, 0.5) is 0 Å². The van der Waals surface area contributed by atoms with E-state index in [2.05, 4.69) is 203 Å². The van der Waals surface area contributed by atoms with Crippen molar-refractivity contribution in [2.75, 3.05) is 0 Å². The lowest BCUT2D eigenvalue weighted by Crippen LogP contribution is -1.98. The Hall–Kier alpha value is -7.90. The van der Waals surface area contributed by atoms with Gasteiger partial charge in [-0.25, -0.2) is 0 Å². The van der Waals surface area contributed by atoms with Crippen molar-refractivity contribution in [1.29, 1.82) is 0 Å². The molecule has 5 heterocycles. The molecule has 0 N–H and O–H groups in total. The average Bonchev–Trinajstić information content (AvgIpc) is 4.13. The summed E-state index contributed by atoms with van der Waals surface area (Å²) >= 11 is 3.72. The Morgan fingerprint density at radius 2 is 0.636 bits per heavy atom. The van der Waals surface area contributed by atoms with Crippen LogP contribution < -0.4 is 0 Å². The molecule has 0 saturated carbocycles. The molecule has 0 unspecified atom stereocenters. The van der Waals surface area contributed by atoms with Crippen LogP contribution in [0.25, 0.3) is 121 Å². The zero-order valence-electron chi connectivity index (χ0n) is 35.2. The van der Waals surface area contributed by atoms with E-state index in [1.165, 1.54) is 85.4 Å². The summed E-state index contributed by atoms with van der Waals surface area (Å²) in [6.07, 6.45) is 0. The van der Waals surface area contributed by atoms with Gasteiger partial charge in [0.1, 0.15) is 22.3 Å². The van der Waals surface area contributed by atoms with E-state index in [1.807, 2.05) is 35.7 Å². The Bertz CT molecular complexity index is 4090. The monoisotopic (exact) mass is 878 g/mol. The molecule has 4 aromatic heterocycles. The number of fused-ring (bicyclic) bond motifs is 14. The van der Waals surface area contributed by atoms with Gasteiger partial charge >= 0.3 is 0 Å². The fourth-order valence-electron chi connectivity index (χ4n) is 10.9. The molecular weight excluding hydrogens is 845 g/mol. The van der Waals surface area contributed by atoms with Crippen molar-refractivity contribution in [2.45, 2.75) is 19.6 Å². The molecule has 0 atom stereocenters. The maximum absolute atomic E-state index is 6.35. The fraction of sp³-hybridized carbons (Fsp3) is 0. The van der Waals surface area contributed by atoms with E-state index in [4.69, 9.17) is 8.83 Å². The van der Waals surface area contributed by atoms with Gasteiger partial charge in [0.25, 0.3) is 0 Å². The molecule has 0 aliphatic carbocycles. The molecule has 0 radical (unpaired) electrons. The largest absolute Gasteiger partial charge is 0.456 e. The Balaban J connectivity index is 0.840. The predicted molar refractivity (Wildman–Crippen MR) is 275 cm³/mol. The molecule has 1 aliphatic heterocycles. The molecule has 14 aromatic rings. The molecule has 6 heteroatoms. The fourth-order valence-corrected chi connectivity index (χ4v) is 13.1. The van der Waals surface area contributed by atoms with E-state index in [1.54, 1.807) is 0 Å². The third-order valence-electron chi connectivity index (χ3n) is 13.6. The second-order valence-electron chi connectivity index (χ2n) is 17.1. The Morgan fingerprint density at radius 1 is 0.273 bits per heavy atom. The summed E-state index contributed by atoms with van der Waals surface area (Å²) in [4.78, 5) is 5.05. The van der Waals surface area contributed by atoms with E-state index >= 15 is 0 Å². The van der Waals surface area contributed by atoms with Crippen molar-refractivity contribution >= 4 is 111 Å². The minimum atomic E-state index is 0.906. The number of hydrogen-bond acceptors (Lipinski definition) is 4. The second kappa shape index (κ2) is 13.8. The lowest BCUT2D eigenvalue weighted by Gasteiger charge is -2.21. The molecule has 0 fully saturated rings. The first-order valence-electron chi connectivity index (χ1n) is 22.2. The standard InChI is InChI=1S/C60H34N2O2S2/c1-5-21-45-41(13-1)57-37(39-19-11-27-51-59(39)43-15-3-7-25-49(43)63-51)17-9-23-47(57)61(45)35-29-31-53-55(33-35)65-54-32-30-36(34-56(54)66-53)62-46-22-6-2-14-42(46)58-38(18-10-24-48(58)62)40-20-12-28-52-60(40)44-16-4-8-26-50(44)64-52/h1-34H. The molecule has 15 rings (SSSR count). The number of hydrogen-bond donors (Lipinski definition) is 0. The van der Waals surface area contributed by atoms with Gasteiger partial charge in [-0.3, -0.25) is 0 Å². The van der Waals surface area contributed by atoms with Gasteiger partial charge in [0.15, 0.2) is 0 Å². The third-order valence-corrected chi connectivity index (χ3v) is 16.1. The molecule has 10 aromatic carbocycles. The van der Waals surface area contributed by atoms with Crippen molar-refractivity contribution in [3.63, 3.8) is 0 Å². The van der Waals surface area contributed by atoms with Gasteiger partial charge in [0, 0.05) is 74.0 Å². The van der Waals surface area contributed by atoms with Crippen LogP contribution in [0.1, 0.15) is 0 Å². The van der Waals surface area contributed by atoms with Gasteiger partial charge in [0.05, 0.1) is 22.1 Å². The van der Waals surface area contributed by atoms with Crippen molar-refractivity contribution in [3.8, 4) is 33.6 Å². The molecule has 308 valence electrons. The van der Waals surface area contributed by atoms with Crippen LogP contribution >= 0.6 is 23.5 Å². The van der Waals surface area contributed by atoms with Crippen LogP contribution in [0, 0.1) is 0 Å². The van der Waals surface area contributed by atoms with Gasteiger partial charge in [-0.2, -0.15) is 0 Å². The minimum Gasteiger partial charge on any atom is -0.456 e. The highest BCUT2D eigenvalue weighted by Crippen LogP contribution is 2.51. The summed E-state index contributed by atoms with van der Waals surface area (Å²) in [5.41, 5.74) is 15.4. The van der Waals surface area contributed by atoms with E-state index in [-0.39, 0.29) is 0 Å². The number of rotatable bonds is 4. The highest BCUT2D eigenvalue weighted by molar-refractivity contribution is 8.05. The quantitative estimate of drug-likeness (QED) is 0.176. The van der Waals surface area contributed by atoms with E-state index in [0.29, 0.717) is 0 Å². The highest BCUT2D eigenvalue weighted by Gasteiger charge is 2.24. The van der Waals surface area contributed by atoms with E-state index in [9.17, 15) is 0 Å². The Morgan fingerprint density at radius 3 is 1.11 bits per heavy atom. The maximum Gasteiger partial charge on any atom is 0.136 e. The first kappa shape index (κ1) is 36.4. The SMILES string of the molecule is c1ccc2c(c1)oc1cccc(-c3cccc4c3c3ccccc3n4-c3ccc4c(c3)Sc3ccc(-n5c6ccccc6c6c(-c7cccc8oc9ccccc9c78)cccc65)cc3S4)c12. The summed E-state index contributed by atoms with van der Waals surface area (Å²) in [5, 5.41) is 9.53. The number of benzene rings is 10. The van der Waals surface area contributed by atoms with Crippen molar-refractivity contribution in [3.05, 3.63) is 206 Å². The summed E-state index contributed by atoms with van der Waals surface area (Å²) in [6, 6.07) is 74.7. The van der Waals surface area contributed by atoms with Crippen molar-refractivity contribution in [2.24, 2.45) is 0 Å². The van der Waals surface area contributed by atoms with Gasteiger partial charge < -0.3 is 18.0 Å². The highest BCUT2D eigenvalue weighted by atomic mass is 32.2. The third kappa shape index (κ3) is 5.14. The second-order valence-corrected chi connectivity index (χ2v) is 19.3. The van der Waals surface area contributed by atoms with Crippen LogP contribution in [0.5, 0.6) is 0 Å². The molecule has 4 nitrogen and oxygen atoms in total. The zero-order valence-corrected chi connectivity index (χ0v) is 36.8. The lowest BCUT2D eigenvalue weighted by atomic mass is 9.95. The summed E-state index contributed by atoms with van der Waals surface area (Å²) < 4.78 is 17.6. The molecule has 0 bridgehead atoms. The number of para-hydroxylation sites is 4. The van der Waals surface area contributed by atoms with Crippen LogP contribution in [0.2, 0.25) is 0 Å². The zero-order chi connectivity index (χ0) is 43.0. The number of aromatic nitrogens is 2. The van der Waals surface area contributed by atoms with Crippen LogP contribution in [0.15, 0.2) is 235 Å². The van der Waals surface area contributed by atoms with E-state index in [0.717, 1.165) is 55.3 Å². The Labute approximate surface area is 386 Å². The molecule has 0 saturated heterocycles. The molecule has 0 amide bonds. The van der Waals surface area contributed by atoms with Gasteiger partial charge in [-0.05, 0) is 107 Å². The number of furan rings is 2. The minimum absolute atomic E-state index is 0.906. The first-order valence-corrected chi connectivity index (χ1v) is 23.9. The summed E-state index contributed by atoms with van der Waals surface area (Å²) in [5.74, 6) is 0. The number of nitrogens with zero attached hydrogens (tertiary/aromatic N) is 2. The molecule has 0 spiro atoms. The van der Waals surface area contributed by atoms with E-state index < -0.39 is 0 Å². The molecule has 66 heavy (non-hydrogen) atoms. The maximum atomic E-state index is 6.35. The summed E-state index contributed by atoms with van der Waals surface area (Å²) in [6.45, 7) is 0. The Kier molecular flexibility index (Phi) is 7.62. The topological polar surface area (TPSA) is 36.1 Å². The van der Waals surface area contributed by atoms with Crippen molar-refractivity contribution < 1.29 is 8.83 Å². The van der Waals surface area contributed by atoms with Crippen LogP contribution in [-0.4, -0.2) is 9.13 Å². The molecule has 1 aliphatic rings. The predicted octanol–water partition coefficient (Wildman–Crippen LogP) is 17.6. The lowest BCUT2D eigenvalue weighted by molar-refractivity contribution is 0.668. The van der Waals surface area contributed by atoms with Gasteiger partial charge in [-0.1, -0.05) is 145 Å². The van der Waals surface area contributed by atoms with Crippen LogP contribution in [-0.2, 0) is 0 Å². The van der Waals surface area contributed by atoms with Gasteiger partial charge in [-0.15, -0.1) is 0 Å². The molecular formula is C60H34N2O2S2. The normalized spacial score (nSPS) is 12.7. The first-order chi connectivity index (χ1) is 32.7. The smallest absolute Gasteiger partial charge is 0.136 e. The van der Waals surface area contributed by atoms with Crippen molar-refractivity contribution in [1.82, 2.24) is 9.13 Å². The average molecular weight is 879 g/mol. The van der Waals surface area contributed by atoms with Gasteiger partial charge in [0.2, 0.25) is 0 Å².